The van der Waals surface area contributed by atoms with Gasteiger partial charge < -0.3 is 9.90 Å². The molecule has 4 aliphatic rings. The molecule has 4 bridgehead atoms. The van der Waals surface area contributed by atoms with E-state index in [4.69, 9.17) is 0 Å². The van der Waals surface area contributed by atoms with Crippen molar-refractivity contribution in [1.29, 1.82) is 0 Å². The van der Waals surface area contributed by atoms with Crippen molar-refractivity contribution < 1.29 is 9.90 Å². The molecule has 4 fully saturated rings. The predicted octanol–water partition coefficient (Wildman–Crippen LogP) is 2.62. The average Bonchev–Trinajstić information content (AvgIpc) is 2.31. The van der Waals surface area contributed by atoms with E-state index in [1.165, 1.54) is 32.1 Å². The molecule has 0 radical (unpaired) electrons. The van der Waals surface area contributed by atoms with Crippen LogP contribution in [0.4, 0.5) is 0 Å². The summed E-state index contributed by atoms with van der Waals surface area (Å²) >= 11 is 0. The van der Waals surface area contributed by atoms with Crippen LogP contribution in [0.3, 0.4) is 0 Å². The van der Waals surface area contributed by atoms with E-state index in [0.29, 0.717) is 11.8 Å². The van der Waals surface area contributed by atoms with E-state index in [2.05, 4.69) is 13.8 Å². The van der Waals surface area contributed by atoms with Crippen molar-refractivity contribution in [2.75, 3.05) is 0 Å². The van der Waals surface area contributed by atoms with Crippen LogP contribution in [-0.2, 0) is 4.79 Å². The van der Waals surface area contributed by atoms with Crippen molar-refractivity contribution in [2.24, 2.45) is 35.0 Å². The first kappa shape index (κ1) is 12.5. The first-order valence-corrected chi connectivity index (χ1v) is 7.76. The van der Waals surface area contributed by atoms with Crippen molar-refractivity contribution in [3.8, 4) is 0 Å². The molecule has 18 heavy (non-hydrogen) atoms. The fourth-order valence-electron chi connectivity index (χ4n) is 5.74. The third-order valence-electron chi connectivity index (χ3n) is 6.51. The Hall–Kier alpha value is -0.530. The predicted molar refractivity (Wildman–Crippen MR) is 68.6 cm³/mol. The van der Waals surface area contributed by atoms with Gasteiger partial charge in [-0.05, 0) is 67.6 Å². The van der Waals surface area contributed by atoms with Crippen LogP contribution in [0.5, 0.6) is 0 Å². The molecule has 2 heteroatoms. The third-order valence-corrected chi connectivity index (χ3v) is 6.51. The Labute approximate surface area is 110 Å². The first-order chi connectivity index (χ1) is 8.55. The van der Waals surface area contributed by atoms with E-state index in [-0.39, 0.29) is 11.3 Å². The molecule has 0 heterocycles. The van der Waals surface area contributed by atoms with Gasteiger partial charge in [-0.15, -0.1) is 0 Å². The minimum atomic E-state index is -0.785. The van der Waals surface area contributed by atoms with Crippen LogP contribution in [-0.4, -0.2) is 5.97 Å². The van der Waals surface area contributed by atoms with Gasteiger partial charge >= 0.3 is 0 Å². The lowest BCUT2D eigenvalue weighted by molar-refractivity contribution is -0.320. The van der Waals surface area contributed by atoms with Crippen LogP contribution in [0, 0.1) is 35.0 Å². The Morgan fingerprint density at radius 1 is 1.17 bits per heavy atom. The highest BCUT2D eigenvalue weighted by Crippen LogP contribution is 2.65. The standard InChI is InChI=1S/C16H26O2/c1-3-4-14(15(17)18)16(2)12-6-10-5-11(8-12)9-13(16)7-10/h10-14H,3-9H2,1-2H3,(H,17,18)/p-1. The summed E-state index contributed by atoms with van der Waals surface area (Å²) in [7, 11) is 0. The fourth-order valence-corrected chi connectivity index (χ4v) is 5.74. The van der Waals surface area contributed by atoms with Crippen LogP contribution < -0.4 is 5.11 Å². The van der Waals surface area contributed by atoms with Crippen molar-refractivity contribution in [1.82, 2.24) is 0 Å². The van der Waals surface area contributed by atoms with Crippen LogP contribution in [0.2, 0.25) is 0 Å². The number of carboxylic acids is 1. The second-order valence-electron chi connectivity index (χ2n) is 7.33. The maximum Gasteiger partial charge on any atom is 0.0450 e. The Morgan fingerprint density at radius 2 is 1.67 bits per heavy atom. The molecule has 4 rings (SSSR count). The summed E-state index contributed by atoms with van der Waals surface area (Å²) < 4.78 is 0. The van der Waals surface area contributed by atoms with E-state index in [1.807, 2.05) is 0 Å². The molecule has 0 N–H and O–H groups in total. The molecule has 102 valence electrons. The number of carboxylic acid groups (broad SMARTS) is 1. The zero-order valence-corrected chi connectivity index (χ0v) is 11.7. The van der Waals surface area contributed by atoms with Gasteiger partial charge in [-0.25, -0.2) is 0 Å². The monoisotopic (exact) mass is 249 g/mol. The second kappa shape index (κ2) is 4.25. The highest BCUT2D eigenvalue weighted by molar-refractivity contribution is 5.69. The van der Waals surface area contributed by atoms with Crippen molar-refractivity contribution >= 4 is 5.97 Å². The Balaban J connectivity index is 1.90. The lowest BCUT2D eigenvalue weighted by Gasteiger charge is -2.63. The van der Waals surface area contributed by atoms with Crippen molar-refractivity contribution in [3.63, 3.8) is 0 Å². The van der Waals surface area contributed by atoms with Gasteiger partial charge in [-0.2, -0.15) is 0 Å². The first-order valence-electron chi connectivity index (χ1n) is 7.76. The summed E-state index contributed by atoms with van der Waals surface area (Å²) in [4.78, 5) is 11.6. The van der Waals surface area contributed by atoms with Gasteiger partial charge in [-0.3, -0.25) is 0 Å². The molecule has 1 unspecified atom stereocenters. The van der Waals surface area contributed by atoms with Crippen LogP contribution in [0.25, 0.3) is 0 Å². The molecule has 0 aromatic carbocycles. The van der Waals surface area contributed by atoms with E-state index in [0.717, 1.165) is 24.7 Å². The molecule has 0 aromatic rings. The van der Waals surface area contributed by atoms with E-state index < -0.39 is 5.97 Å². The summed E-state index contributed by atoms with van der Waals surface area (Å²) in [5, 5.41) is 11.6. The minimum absolute atomic E-state index is 0.0300. The molecule has 0 aliphatic heterocycles. The SMILES string of the molecule is CCCC(C(=O)[O-])C1(C)C2CC3CC(C2)CC1C3. The Morgan fingerprint density at radius 3 is 2.06 bits per heavy atom. The Kier molecular flexibility index (Phi) is 2.95. The van der Waals surface area contributed by atoms with Crippen molar-refractivity contribution in [2.45, 2.75) is 58.8 Å². The number of carbonyl (C=O) groups is 1. The summed E-state index contributed by atoms with van der Waals surface area (Å²) in [6.07, 6.45) is 8.34. The van der Waals surface area contributed by atoms with Gasteiger partial charge in [0.15, 0.2) is 0 Å². The van der Waals surface area contributed by atoms with Gasteiger partial charge in [0.25, 0.3) is 0 Å². The zero-order chi connectivity index (χ0) is 12.9. The number of hydrogen-bond acceptors (Lipinski definition) is 2. The van der Waals surface area contributed by atoms with Gasteiger partial charge in [0.2, 0.25) is 0 Å². The third kappa shape index (κ3) is 1.64. The van der Waals surface area contributed by atoms with E-state index in [9.17, 15) is 9.90 Å². The van der Waals surface area contributed by atoms with Gasteiger partial charge in [0, 0.05) is 11.9 Å². The van der Waals surface area contributed by atoms with Gasteiger partial charge in [0.1, 0.15) is 0 Å². The molecule has 4 aliphatic carbocycles. The lowest BCUT2D eigenvalue weighted by atomic mass is 9.42. The molecule has 0 aromatic heterocycles. The topological polar surface area (TPSA) is 40.1 Å². The molecule has 0 saturated heterocycles. The Bertz CT molecular complexity index is 319. The fraction of sp³-hybridized carbons (Fsp3) is 0.938. The number of carbonyl (C=O) groups excluding carboxylic acids is 1. The summed E-state index contributed by atoms with van der Waals surface area (Å²) in [5.41, 5.74) is 0.0300. The van der Waals surface area contributed by atoms with Crippen LogP contribution in [0.1, 0.15) is 58.8 Å². The lowest BCUT2D eigenvalue weighted by Crippen LogP contribution is -2.58. The van der Waals surface area contributed by atoms with Crippen LogP contribution in [0.15, 0.2) is 0 Å². The van der Waals surface area contributed by atoms with E-state index in [1.54, 1.807) is 0 Å². The molecule has 0 spiro atoms. The highest BCUT2D eigenvalue weighted by atomic mass is 16.4. The number of rotatable bonds is 4. The summed E-state index contributed by atoms with van der Waals surface area (Å²) in [6, 6.07) is 0. The molecule has 4 saturated carbocycles. The average molecular weight is 249 g/mol. The molecular weight excluding hydrogens is 224 g/mol. The highest BCUT2D eigenvalue weighted by Gasteiger charge is 2.57. The summed E-state index contributed by atoms with van der Waals surface area (Å²) in [5.74, 6) is 2.13. The molecular formula is C16H25O2-. The number of aliphatic carboxylic acids is 1. The maximum absolute atomic E-state index is 11.6. The smallest absolute Gasteiger partial charge is 0.0450 e. The van der Waals surface area contributed by atoms with Gasteiger partial charge in [-0.1, -0.05) is 20.3 Å². The van der Waals surface area contributed by atoms with E-state index >= 15 is 0 Å². The number of hydrogen-bond donors (Lipinski definition) is 0. The molecule has 1 atom stereocenters. The summed E-state index contributed by atoms with van der Waals surface area (Å²) in [6.45, 7) is 4.37. The van der Waals surface area contributed by atoms with Crippen LogP contribution >= 0.6 is 0 Å². The van der Waals surface area contributed by atoms with Gasteiger partial charge in [0.05, 0.1) is 0 Å². The minimum Gasteiger partial charge on any atom is -0.550 e. The largest absolute Gasteiger partial charge is 0.550 e. The second-order valence-corrected chi connectivity index (χ2v) is 7.33. The van der Waals surface area contributed by atoms with Crippen molar-refractivity contribution in [3.05, 3.63) is 0 Å². The molecule has 2 nitrogen and oxygen atoms in total. The normalized spacial score (nSPS) is 47.2. The molecule has 0 amide bonds. The quantitative estimate of drug-likeness (QED) is 0.768. The maximum atomic E-state index is 11.6. The zero-order valence-electron chi connectivity index (χ0n) is 11.7.